The Morgan fingerprint density at radius 3 is 2.65 bits per heavy atom. The number of rotatable bonds is 5. The standard InChI is InChI=1S/C15H17N3O2/c1-16-14-13(3-2-9-17-14)15(20)18-12-6-4-11(5-7-12)8-10-19/h2-7,9,19H,8,10H2,1H3,(H,16,17)(H,18,20). The number of carbonyl (C=O) groups excluding carboxylic acids is 1. The molecule has 2 aromatic rings. The number of pyridine rings is 1. The second-order valence-corrected chi connectivity index (χ2v) is 4.27. The lowest BCUT2D eigenvalue weighted by molar-refractivity contribution is 0.102. The van der Waals surface area contributed by atoms with Gasteiger partial charge in [0.25, 0.3) is 5.91 Å². The Kier molecular flexibility index (Phi) is 4.68. The Morgan fingerprint density at radius 1 is 1.25 bits per heavy atom. The molecular formula is C15H17N3O2. The normalized spacial score (nSPS) is 10.1. The van der Waals surface area contributed by atoms with Gasteiger partial charge in [0, 0.05) is 25.5 Å². The summed E-state index contributed by atoms with van der Waals surface area (Å²) in [7, 11) is 1.72. The van der Waals surface area contributed by atoms with Crippen LogP contribution in [-0.2, 0) is 6.42 Å². The number of aliphatic hydroxyl groups is 1. The summed E-state index contributed by atoms with van der Waals surface area (Å²) >= 11 is 0. The maximum atomic E-state index is 12.2. The number of amides is 1. The van der Waals surface area contributed by atoms with Crippen molar-refractivity contribution < 1.29 is 9.90 Å². The number of aliphatic hydroxyl groups excluding tert-OH is 1. The Bertz CT molecular complexity index is 582. The number of carbonyl (C=O) groups is 1. The highest BCUT2D eigenvalue weighted by molar-refractivity contribution is 6.07. The minimum atomic E-state index is -0.211. The number of anilines is 2. The maximum absolute atomic E-state index is 12.2. The molecule has 2 rings (SSSR count). The Hall–Kier alpha value is -2.40. The van der Waals surface area contributed by atoms with E-state index in [1.807, 2.05) is 24.3 Å². The fourth-order valence-corrected chi connectivity index (χ4v) is 1.87. The van der Waals surface area contributed by atoms with Crippen LogP contribution in [-0.4, -0.2) is 29.7 Å². The van der Waals surface area contributed by atoms with Gasteiger partial charge in [-0.05, 0) is 36.2 Å². The predicted molar refractivity (Wildman–Crippen MR) is 79.0 cm³/mol. The molecule has 0 atom stereocenters. The van der Waals surface area contributed by atoms with E-state index in [0.717, 1.165) is 5.56 Å². The lowest BCUT2D eigenvalue weighted by Crippen LogP contribution is -2.14. The molecule has 1 aromatic heterocycles. The Balaban J connectivity index is 2.11. The highest BCUT2D eigenvalue weighted by Crippen LogP contribution is 2.15. The molecule has 0 saturated heterocycles. The van der Waals surface area contributed by atoms with Gasteiger partial charge in [-0.3, -0.25) is 4.79 Å². The summed E-state index contributed by atoms with van der Waals surface area (Å²) in [6, 6.07) is 10.8. The first kappa shape index (κ1) is 14.0. The van der Waals surface area contributed by atoms with Gasteiger partial charge in [-0.2, -0.15) is 0 Å². The lowest BCUT2D eigenvalue weighted by Gasteiger charge is -2.09. The van der Waals surface area contributed by atoms with E-state index >= 15 is 0 Å². The molecule has 0 saturated carbocycles. The first-order chi connectivity index (χ1) is 9.74. The summed E-state index contributed by atoms with van der Waals surface area (Å²) in [6.07, 6.45) is 2.24. The molecule has 0 aliphatic heterocycles. The van der Waals surface area contributed by atoms with Gasteiger partial charge >= 0.3 is 0 Å². The second kappa shape index (κ2) is 6.68. The van der Waals surface area contributed by atoms with Gasteiger partial charge in [-0.1, -0.05) is 12.1 Å². The number of aromatic nitrogens is 1. The summed E-state index contributed by atoms with van der Waals surface area (Å²) in [5.74, 6) is 0.333. The van der Waals surface area contributed by atoms with Crippen molar-refractivity contribution >= 4 is 17.4 Å². The molecule has 5 heteroatoms. The van der Waals surface area contributed by atoms with Crippen LogP contribution < -0.4 is 10.6 Å². The summed E-state index contributed by atoms with van der Waals surface area (Å²) in [5, 5.41) is 14.6. The third kappa shape index (κ3) is 3.33. The van der Waals surface area contributed by atoms with Crippen molar-refractivity contribution in [1.29, 1.82) is 0 Å². The van der Waals surface area contributed by atoms with E-state index in [2.05, 4.69) is 15.6 Å². The van der Waals surface area contributed by atoms with E-state index in [-0.39, 0.29) is 12.5 Å². The van der Waals surface area contributed by atoms with Crippen LogP contribution in [0.4, 0.5) is 11.5 Å². The zero-order valence-electron chi connectivity index (χ0n) is 11.3. The zero-order valence-corrected chi connectivity index (χ0v) is 11.3. The van der Waals surface area contributed by atoms with Gasteiger partial charge in [0.05, 0.1) is 5.56 Å². The van der Waals surface area contributed by atoms with E-state index in [4.69, 9.17) is 5.11 Å². The second-order valence-electron chi connectivity index (χ2n) is 4.27. The van der Waals surface area contributed by atoms with Crippen LogP contribution in [0.15, 0.2) is 42.6 Å². The molecule has 1 heterocycles. The summed E-state index contributed by atoms with van der Waals surface area (Å²) in [6.45, 7) is 0.118. The van der Waals surface area contributed by atoms with Crippen molar-refractivity contribution in [2.75, 3.05) is 24.3 Å². The van der Waals surface area contributed by atoms with E-state index in [1.165, 1.54) is 0 Å². The van der Waals surface area contributed by atoms with Gasteiger partial charge in [-0.25, -0.2) is 4.98 Å². The van der Waals surface area contributed by atoms with Gasteiger partial charge in [0.15, 0.2) is 0 Å². The van der Waals surface area contributed by atoms with Crippen LogP contribution in [0.2, 0.25) is 0 Å². The third-order valence-corrected chi connectivity index (χ3v) is 2.90. The molecule has 5 nitrogen and oxygen atoms in total. The van der Waals surface area contributed by atoms with Gasteiger partial charge < -0.3 is 15.7 Å². The molecule has 3 N–H and O–H groups in total. The SMILES string of the molecule is CNc1ncccc1C(=O)Nc1ccc(CCO)cc1. The minimum absolute atomic E-state index is 0.118. The molecule has 0 unspecified atom stereocenters. The zero-order chi connectivity index (χ0) is 14.4. The summed E-state index contributed by atoms with van der Waals surface area (Å²) in [4.78, 5) is 16.3. The van der Waals surface area contributed by atoms with Crippen molar-refractivity contribution in [3.63, 3.8) is 0 Å². The molecule has 0 fully saturated rings. The van der Waals surface area contributed by atoms with E-state index in [9.17, 15) is 4.79 Å². The van der Waals surface area contributed by atoms with Crippen molar-refractivity contribution in [3.05, 3.63) is 53.7 Å². The first-order valence-corrected chi connectivity index (χ1v) is 6.38. The number of nitrogens with zero attached hydrogens (tertiary/aromatic N) is 1. The third-order valence-electron chi connectivity index (χ3n) is 2.90. The molecule has 0 radical (unpaired) electrons. The molecule has 20 heavy (non-hydrogen) atoms. The van der Waals surface area contributed by atoms with E-state index < -0.39 is 0 Å². The summed E-state index contributed by atoms with van der Waals surface area (Å²) < 4.78 is 0. The number of hydrogen-bond donors (Lipinski definition) is 3. The molecule has 104 valence electrons. The van der Waals surface area contributed by atoms with Gasteiger partial charge in [0.2, 0.25) is 0 Å². The van der Waals surface area contributed by atoms with E-state index in [0.29, 0.717) is 23.5 Å². The molecule has 0 bridgehead atoms. The topological polar surface area (TPSA) is 74.2 Å². The number of nitrogens with one attached hydrogen (secondary N) is 2. The number of hydrogen-bond acceptors (Lipinski definition) is 4. The van der Waals surface area contributed by atoms with Crippen LogP contribution in [0, 0.1) is 0 Å². The fraction of sp³-hybridized carbons (Fsp3) is 0.200. The molecule has 1 aromatic carbocycles. The van der Waals surface area contributed by atoms with Crippen molar-refractivity contribution in [3.8, 4) is 0 Å². The van der Waals surface area contributed by atoms with Gasteiger partial charge in [-0.15, -0.1) is 0 Å². The fourth-order valence-electron chi connectivity index (χ4n) is 1.87. The van der Waals surface area contributed by atoms with Crippen LogP contribution in [0.25, 0.3) is 0 Å². The maximum Gasteiger partial charge on any atom is 0.259 e. The average Bonchev–Trinajstić information content (AvgIpc) is 2.49. The minimum Gasteiger partial charge on any atom is -0.396 e. The summed E-state index contributed by atoms with van der Waals surface area (Å²) in [5.41, 5.74) is 2.24. The van der Waals surface area contributed by atoms with E-state index in [1.54, 1.807) is 25.4 Å². The molecule has 1 amide bonds. The average molecular weight is 271 g/mol. The number of benzene rings is 1. The largest absolute Gasteiger partial charge is 0.396 e. The highest BCUT2D eigenvalue weighted by Gasteiger charge is 2.11. The Morgan fingerprint density at radius 2 is 2.00 bits per heavy atom. The van der Waals surface area contributed by atoms with Crippen molar-refractivity contribution in [2.24, 2.45) is 0 Å². The van der Waals surface area contributed by atoms with Crippen molar-refractivity contribution in [1.82, 2.24) is 4.98 Å². The van der Waals surface area contributed by atoms with Crippen LogP contribution in [0.5, 0.6) is 0 Å². The van der Waals surface area contributed by atoms with Gasteiger partial charge in [0.1, 0.15) is 5.82 Å². The monoisotopic (exact) mass is 271 g/mol. The molecule has 0 spiro atoms. The van der Waals surface area contributed by atoms with Crippen molar-refractivity contribution in [2.45, 2.75) is 6.42 Å². The predicted octanol–water partition coefficient (Wildman–Crippen LogP) is 1.91. The van der Waals surface area contributed by atoms with Crippen LogP contribution in [0.1, 0.15) is 15.9 Å². The quantitative estimate of drug-likeness (QED) is 0.776. The Labute approximate surface area is 117 Å². The molecular weight excluding hydrogens is 254 g/mol. The van der Waals surface area contributed by atoms with Crippen LogP contribution >= 0.6 is 0 Å². The van der Waals surface area contributed by atoms with Crippen LogP contribution in [0.3, 0.4) is 0 Å². The first-order valence-electron chi connectivity index (χ1n) is 6.38. The molecule has 0 aliphatic carbocycles. The smallest absolute Gasteiger partial charge is 0.259 e. The molecule has 0 aliphatic rings. The lowest BCUT2D eigenvalue weighted by atomic mass is 10.1. The highest BCUT2D eigenvalue weighted by atomic mass is 16.2.